The zero-order valence-corrected chi connectivity index (χ0v) is 19.1. The Balaban J connectivity index is 1.13. The van der Waals surface area contributed by atoms with Crippen LogP contribution in [0.15, 0.2) is 59.4 Å². The number of benzene rings is 1. The fraction of sp³-hybridized carbons (Fsp3) is 0.320. The van der Waals surface area contributed by atoms with Crippen LogP contribution in [0, 0.1) is 5.82 Å². The molecule has 0 saturated carbocycles. The number of unbranched alkanes of at least 4 members (excludes halogenated alkanes) is 2. The molecule has 1 aromatic carbocycles. The van der Waals surface area contributed by atoms with Gasteiger partial charge in [-0.15, -0.1) is 0 Å². The lowest BCUT2D eigenvalue weighted by molar-refractivity contribution is -0.130. The van der Waals surface area contributed by atoms with Gasteiger partial charge in [-0.1, -0.05) is 23.7 Å². The van der Waals surface area contributed by atoms with E-state index in [2.05, 4.69) is 25.3 Å². The summed E-state index contributed by atoms with van der Waals surface area (Å²) >= 11 is 0. The van der Waals surface area contributed by atoms with Gasteiger partial charge < -0.3 is 9.42 Å². The molecular formula is C25H27FN6O2. The summed E-state index contributed by atoms with van der Waals surface area (Å²) in [6.45, 7) is 0.696. The summed E-state index contributed by atoms with van der Waals surface area (Å²) in [5, 5.41) is 11.3. The highest BCUT2D eigenvalue weighted by Crippen LogP contribution is 2.19. The molecular weight excluding hydrogens is 435 g/mol. The molecule has 0 saturated heterocycles. The largest absolute Gasteiger partial charge is 0.346 e. The SMILES string of the molecule is CN(CCCCCc1cc(-c2cccc(F)c2)n[nH]1)C(=O)CCc1nc(-c2cccnc2)no1. The zero-order valence-electron chi connectivity index (χ0n) is 19.1. The number of aromatic nitrogens is 5. The highest BCUT2D eigenvalue weighted by atomic mass is 19.1. The van der Waals surface area contributed by atoms with Crippen molar-refractivity contribution in [2.45, 2.75) is 38.5 Å². The van der Waals surface area contributed by atoms with Gasteiger partial charge in [-0.2, -0.15) is 10.1 Å². The van der Waals surface area contributed by atoms with E-state index in [0.717, 1.165) is 48.2 Å². The molecule has 0 spiro atoms. The van der Waals surface area contributed by atoms with Crippen LogP contribution in [0.25, 0.3) is 22.6 Å². The van der Waals surface area contributed by atoms with Crippen LogP contribution >= 0.6 is 0 Å². The number of H-pyrrole nitrogens is 1. The van der Waals surface area contributed by atoms with Gasteiger partial charge in [-0.05, 0) is 49.6 Å². The first-order chi connectivity index (χ1) is 16.6. The molecule has 0 fully saturated rings. The number of pyridine rings is 1. The first-order valence-electron chi connectivity index (χ1n) is 11.4. The normalized spacial score (nSPS) is 11.0. The Hall–Kier alpha value is -3.88. The minimum Gasteiger partial charge on any atom is -0.346 e. The molecule has 0 aliphatic carbocycles. The monoisotopic (exact) mass is 462 g/mol. The topological polar surface area (TPSA) is 101 Å². The molecule has 176 valence electrons. The van der Waals surface area contributed by atoms with E-state index < -0.39 is 0 Å². The van der Waals surface area contributed by atoms with Crippen molar-refractivity contribution in [3.63, 3.8) is 0 Å². The van der Waals surface area contributed by atoms with E-state index in [9.17, 15) is 9.18 Å². The Morgan fingerprint density at radius 3 is 2.79 bits per heavy atom. The number of aromatic amines is 1. The summed E-state index contributed by atoms with van der Waals surface area (Å²) in [7, 11) is 1.82. The molecule has 4 rings (SSSR count). The van der Waals surface area contributed by atoms with Gasteiger partial charge in [0.05, 0.1) is 5.69 Å². The Kier molecular flexibility index (Phi) is 7.75. The van der Waals surface area contributed by atoms with E-state index in [1.165, 1.54) is 12.1 Å². The standard InChI is InChI=1S/C25H27FN6O2/c1-32(24(33)12-11-23-28-25(31-34-23)19-8-6-13-27-17-19)14-4-2-3-10-21-16-22(30-29-21)18-7-5-9-20(26)15-18/h5-9,13,15-17H,2-4,10-12,14H2,1H3,(H,29,30). The summed E-state index contributed by atoms with van der Waals surface area (Å²) in [5.74, 6) is 0.698. The van der Waals surface area contributed by atoms with Crippen molar-refractivity contribution in [3.8, 4) is 22.6 Å². The number of nitrogens with one attached hydrogen (secondary N) is 1. The van der Waals surface area contributed by atoms with Crippen molar-refractivity contribution in [3.05, 3.63) is 72.3 Å². The van der Waals surface area contributed by atoms with Crippen molar-refractivity contribution in [1.29, 1.82) is 0 Å². The second-order valence-electron chi connectivity index (χ2n) is 8.17. The van der Waals surface area contributed by atoms with Gasteiger partial charge in [0, 0.05) is 55.6 Å². The van der Waals surface area contributed by atoms with Crippen molar-refractivity contribution >= 4 is 5.91 Å². The number of rotatable bonds is 11. The highest BCUT2D eigenvalue weighted by Gasteiger charge is 2.13. The van der Waals surface area contributed by atoms with Gasteiger partial charge in [0.1, 0.15) is 5.82 Å². The quantitative estimate of drug-likeness (QED) is 0.330. The summed E-state index contributed by atoms with van der Waals surface area (Å²) in [5.41, 5.74) is 3.31. The molecule has 8 nitrogen and oxygen atoms in total. The smallest absolute Gasteiger partial charge is 0.227 e. The zero-order chi connectivity index (χ0) is 23.8. The van der Waals surface area contributed by atoms with Gasteiger partial charge in [0.25, 0.3) is 0 Å². The maximum Gasteiger partial charge on any atom is 0.227 e. The van der Waals surface area contributed by atoms with E-state index in [1.54, 1.807) is 23.4 Å². The number of halogens is 1. The summed E-state index contributed by atoms with van der Waals surface area (Å²) in [6.07, 6.45) is 7.82. The molecule has 0 atom stereocenters. The minimum absolute atomic E-state index is 0.0504. The van der Waals surface area contributed by atoms with Gasteiger partial charge in [0.15, 0.2) is 0 Å². The average molecular weight is 463 g/mol. The van der Waals surface area contributed by atoms with Gasteiger partial charge in [0.2, 0.25) is 17.6 Å². The van der Waals surface area contributed by atoms with Crippen molar-refractivity contribution in [2.75, 3.05) is 13.6 Å². The van der Waals surface area contributed by atoms with Crippen LogP contribution in [-0.4, -0.2) is 49.7 Å². The Bertz CT molecular complexity index is 1210. The molecule has 0 bridgehead atoms. The molecule has 0 aliphatic rings. The van der Waals surface area contributed by atoms with Crippen LogP contribution in [0.5, 0.6) is 0 Å². The lowest BCUT2D eigenvalue weighted by Crippen LogP contribution is -2.27. The Labute approximate surface area is 197 Å². The van der Waals surface area contributed by atoms with Gasteiger partial charge >= 0.3 is 0 Å². The van der Waals surface area contributed by atoms with Gasteiger partial charge in [-0.3, -0.25) is 14.9 Å². The first kappa shape index (κ1) is 23.3. The predicted molar refractivity (Wildman–Crippen MR) is 125 cm³/mol. The number of carbonyl (C=O) groups excluding carboxylic acids is 1. The summed E-state index contributed by atoms with van der Waals surface area (Å²) in [6, 6.07) is 12.0. The Morgan fingerprint density at radius 2 is 1.97 bits per heavy atom. The van der Waals surface area contributed by atoms with E-state index in [1.807, 2.05) is 31.3 Å². The van der Waals surface area contributed by atoms with E-state index in [-0.39, 0.29) is 11.7 Å². The van der Waals surface area contributed by atoms with Crippen LogP contribution in [-0.2, 0) is 17.6 Å². The fourth-order valence-corrected chi connectivity index (χ4v) is 3.62. The highest BCUT2D eigenvalue weighted by molar-refractivity contribution is 5.76. The fourth-order valence-electron chi connectivity index (χ4n) is 3.62. The molecule has 0 aliphatic heterocycles. The Morgan fingerprint density at radius 1 is 1.09 bits per heavy atom. The lowest BCUT2D eigenvalue weighted by atomic mass is 10.1. The number of aryl methyl sites for hydroxylation is 2. The maximum absolute atomic E-state index is 13.4. The molecule has 34 heavy (non-hydrogen) atoms. The van der Waals surface area contributed by atoms with Crippen molar-refractivity contribution < 1.29 is 13.7 Å². The molecule has 0 radical (unpaired) electrons. The van der Waals surface area contributed by atoms with Crippen LogP contribution in [0.1, 0.15) is 37.3 Å². The minimum atomic E-state index is -0.271. The third kappa shape index (κ3) is 6.34. The van der Waals surface area contributed by atoms with E-state index in [0.29, 0.717) is 31.1 Å². The molecule has 3 heterocycles. The van der Waals surface area contributed by atoms with Crippen LogP contribution < -0.4 is 0 Å². The molecule has 1 amide bonds. The summed E-state index contributed by atoms with van der Waals surface area (Å²) in [4.78, 5) is 22.6. The summed E-state index contributed by atoms with van der Waals surface area (Å²) < 4.78 is 18.6. The maximum atomic E-state index is 13.4. The van der Waals surface area contributed by atoms with Crippen LogP contribution in [0.3, 0.4) is 0 Å². The third-order valence-corrected chi connectivity index (χ3v) is 5.56. The predicted octanol–water partition coefficient (Wildman–Crippen LogP) is 4.46. The molecule has 4 aromatic rings. The number of hydrogen-bond donors (Lipinski definition) is 1. The second kappa shape index (κ2) is 11.3. The van der Waals surface area contributed by atoms with E-state index in [4.69, 9.17) is 4.52 Å². The van der Waals surface area contributed by atoms with Gasteiger partial charge in [-0.25, -0.2) is 4.39 Å². The van der Waals surface area contributed by atoms with Crippen LogP contribution in [0.4, 0.5) is 4.39 Å². The van der Waals surface area contributed by atoms with E-state index >= 15 is 0 Å². The van der Waals surface area contributed by atoms with Crippen molar-refractivity contribution in [2.24, 2.45) is 0 Å². The third-order valence-electron chi connectivity index (χ3n) is 5.56. The molecule has 9 heteroatoms. The molecule has 1 N–H and O–H groups in total. The number of hydrogen-bond acceptors (Lipinski definition) is 6. The lowest BCUT2D eigenvalue weighted by Gasteiger charge is -2.16. The molecule has 0 unspecified atom stereocenters. The van der Waals surface area contributed by atoms with Crippen molar-refractivity contribution in [1.82, 2.24) is 30.2 Å². The second-order valence-corrected chi connectivity index (χ2v) is 8.17. The molecule has 3 aromatic heterocycles. The number of nitrogens with zero attached hydrogens (tertiary/aromatic N) is 5. The number of amides is 1. The van der Waals surface area contributed by atoms with Crippen LogP contribution in [0.2, 0.25) is 0 Å². The first-order valence-corrected chi connectivity index (χ1v) is 11.4. The number of carbonyl (C=O) groups is 1. The average Bonchev–Trinajstić information content (AvgIpc) is 3.53.